The minimum absolute atomic E-state index is 0.0262. The van der Waals surface area contributed by atoms with Crippen molar-refractivity contribution in [3.63, 3.8) is 0 Å². The van der Waals surface area contributed by atoms with Crippen molar-refractivity contribution in [2.75, 3.05) is 30.4 Å². The zero-order chi connectivity index (χ0) is 12.8. The van der Waals surface area contributed by atoms with Gasteiger partial charge in [0.25, 0.3) is 0 Å². The first-order valence-corrected chi connectivity index (χ1v) is 7.81. The molecule has 0 saturated carbocycles. The molecule has 0 radical (unpaired) electrons. The van der Waals surface area contributed by atoms with Crippen LogP contribution < -0.4 is 10.6 Å². The Hall–Kier alpha value is -1.16. The normalized spacial score (nSPS) is 17.1. The Bertz CT molecular complexity index is 409. The summed E-state index contributed by atoms with van der Waals surface area (Å²) in [6.07, 6.45) is 4.34. The van der Waals surface area contributed by atoms with Gasteiger partial charge in [0, 0.05) is 18.8 Å². The van der Waals surface area contributed by atoms with Crippen LogP contribution in [0.25, 0.3) is 0 Å². The quantitative estimate of drug-likeness (QED) is 0.776. The summed E-state index contributed by atoms with van der Waals surface area (Å²) >= 11 is 1.85. The first-order valence-electron chi connectivity index (χ1n) is 6.42. The summed E-state index contributed by atoms with van der Waals surface area (Å²) < 4.78 is 0. The second kappa shape index (κ2) is 6.69. The largest absolute Gasteiger partial charge is 0.384 e. The van der Waals surface area contributed by atoms with E-state index in [1.165, 1.54) is 12.2 Å². The number of benzene rings is 1. The van der Waals surface area contributed by atoms with E-state index >= 15 is 0 Å². The second-order valence-corrected chi connectivity index (χ2v) is 5.50. The van der Waals surface area contributed by atoms with E-state index < -0.39 is 0 Å². The van der Waals surface area contributed by atoms with Gasteiger partial charge in [0.1, 0.15) is 0 Å². The summed E-state index contributed by atoms with van der Waals surface area (Å²) in [5.41, 5.74) is 2.22. The molecular formula is C14H20N2OS. The van der Waals surface area contributed by atoms with Crippen molar-refractivity contribution in [3.05, 3.63) is 29.8 Å². The Morgan fingerprint density at radius 1 is 1.44 bits per heavy atom. The van der Waals surface area contributed by atoms with E-state index in [0.29, 0.717) is 0 Å². The molecule has 2 rings (SSSR count). The summed E-state index contributed by atoms with van der Waals surface area (Å²) in [4.78, 5) is 12.1. The van der Waals surface area contributed by atoms with Crippen molar-refractivity contribution in [3.8, 4) is 0 Å². The minimum Gasteiger partial charge on any atom is -0.384 e. The van der Waals surface area contributed by atoms with E-state index in [-0.39, 0.29) is 11.8 Å². The number of amides is 1. The van der Waals surface area contributed by atoms with Gasteiger partial charge in [0.2, 0.25) is 5.91 Å². The molecule has 1 heterocycles. The van der Waals surface area contributed by atoms with Gasteiger partial charge in [-0.25, -0.2) is 0 Å². The summed E-state index contributed by atoms with van der Waals surface area (Å²) in [6, 6.07) is 8.05. The molecule has 2 N–H and O–H groups in total. The Labute approximate surface area is 113 Å². The van der Waals surface area contributed by atoms with Crippen molar-refractivity contribution >= 4 is 23.4 Å². The van der Waals surface area contributed by atoms with Gasteiger partial charge >= 0.3 is 0 Å². The third kappa shape index (κ3) is 3.19. The standard InChI is InChI=1S/C14H20N2OS/c1-18-9-5-4-8-15-14(17)12-10-16-13-7-3-2-6-11(12)13/h2-3,6-7,12,16H,4-5,8-10H2,1H3,(H,15,17). The maximum absolute atomic E-state index is 12.1. The summed E-state index contributed by atoms with van der Waals surface area (Å²) in [7, 11) is 0. The number of carbonyl (C=O) groups excluding carboxylic acids is 1. The lowest BCUT2D eigenvalue weighted by atomic mass is 10.0. The molecule has 1 aliphatic rings. The maximum Gasteiger partial charge on any atom is 0.229 e. The third-order valence-corrected chi connectivity index (χ3v) is 3.92. The van der Waals surface area contributed by atoms with E-state index in [9.17, 15) is 4.79 Å². The fourth-order valence-electron chi connectivity index (χ4n) is 2.22. The van der Waals surface area contributed by atoms with Crippen molar-refractivity contribution in [1.82, 2.24) is 5.32 Å². The van der Waals surface area contributed by atoms with Gasteiger partial charge in [-0.2, -0.15) is 11.8 Å². The molecule has 0 aromatic heterocycles. The lowest BCUT2D eigenvalue weighted by Crippen LogP contribution is -2.31. The van der Waals surface area contributed by atoms with Crippen LogP contribution in [0.5, 0.6) is 0 Å². The number of rotatable bonds is 6. The fourth-order valence-corrected chi connectivity index (χ4v) is 2.72. The molecule has 18 heavy (non-hydrogen) atoms. The van der Waals surface area contributed by atoms with E-state index in [4.69, 9.17) is 0 Å². The second-order valence-electron chi connectivity index (χ2n) is 4.51. The Kier molecular flexibility index (Phi) is 4.93. The molecule has 1 amide bonds. The topological polar surface area (TPSA) is 41.1 Å². The number of hydrogen-bond donors (Lipinski definition) is 2. The van der Waals surface area contributed by atoms with Crippen LogP contribution in [0.1, 0.15) is 24.3 Å². The monoisotopic (exact) mass is 264 g/mol. The smallest absolute Gasteiger partial charge is 0.229 e. The molecule has 0 fully saturated rings. The Morgan fingerprint density at radius 2 is 2.28 bits per heavy atom. The number of fused-ring (bicyclic) bond motifs is 1. The van der Waals surface area contributed by atoms with Crippen LogP contribution in [0.15, 0.2) is 24.3 Å². The number of nitrogens with one attached hydrogen (secondary N) is 2. The van der Waals surface area contributed by atoms with Crippen LogP contribution in [0, 0.1) is 0 Å². The molecule has 0 saturated heterocycles. The Morgan fingerprint density at radius 3 is 3.11 bits per heavy atom. The molecule has 1 aromatic carbocycles. The van der Waals surface area contributed by atoms with Gasteiger partial charge in [-0.15, -0.1) is 0 Å². The van der Waals surface area contributed by atoms with Crippen molar-refractivity contribution in [2.45, 2.75) is 18.8 Å². The predicted octanol–water partition coefficient (Wildman–Crippen LogP) is 2.46. The molecule has 1 aromatic rings. The number of para-hydroxylation sites is 1. The maximum atomic E-state index is 12.1. The van der Waals surface area contributed by atoms with Crippen LogP contribution in [-0.2, 0) is 4.79 Å². The van der Waals surface area contributed by atoms with E-state index in [2.05, 4.69) is 16.9 Å². The molecular weight excluding hydrogens is 244 g/mol. The Balaban J connectivity index is 1.80. The summed E-state index contributed by atoms with van der Waals surface area (Å²) in [5.74, 6) is 1.29. The third-order valence-electron chi connectivity index (χ3n) is 3.22. The SMILES string of the molecule is CSCCCCNC(=O)C1CNc2ccccc21. The molecule has 4 heteroatoms. The summed E-state index contributed by atoms with van der Waals surface area (Å²) in [6.45, 7) is 1.51. The number of unbranched alkanes of at least 4 members (excludes halogenated alkanes) is 1. The van der Waals surface area contributed by atoms with Gasteiger partial charge in [0.15, 0.2) is 0 Å². The van der Waals surface area contributed by atoms with E-state index in [1.54, 1.807) is 0 Å². The predicted molar refractivity (Wildman–Crippen MR) is 78.3 cm³/mol. The van der Waals surface area contributed by atoms with Crippen LogP contribution >= 0.6 is 11.8 Å². The average molecular weight is 264 g/mol. The number of thioether (sulfide) groups is 1. The van der Waals surface area contributed by atoms with Crippen LogP contribution in [0.2, 0.25) is 0 Å². The van der Waals surface area contributed by atoms with Gasteiger partial charge in [-0.05, 0) is 36.5 Å². The highest BCUT2D eigenvalue weighted by Crippen LogP contribution is 2.30. The van der Waals surface area contributed by atoms with Crippen LogP contribution in [0.3, 0.4) is 0 Å². The van der Waals surface area contributed by atoms with E-state index in [1.807, 2.05) is 36.0 Å². The van der Waals surface area contributed by atoms with Crippen LogP contribution in [-0.4, -0.2) is 31.0 Å². The van der Waals surface area contributed by atoms with Crippen molar-refractivity contribution in [1.29, 1.82) is 0 Å². The zero-order valence-electron chi connectivity index (χ0n) is 10.7. The average Bonchev–Trinajstić information content (AvgIpc) is 2.82. The van der Waals surface area contributed by atoms with Gasteiger partial charge in [-0.3, -0.25) is 4.79 Å². The van der Waals surface area contributed by atoms with Crippen LogP contribution in [0.4, 0.5) is 5.69 Å². The fraction of sp³-hybridized carbons (Fsp3) is 0.500. The van der Waals surface area contributed by atoms with Gasteiger partial charge in [0.05, 0.1) is 5.92 Å². The number of hydrogen-bond acceptors (Lipinski definition) is 3. The number of carbonyl (C=O) groups is 1. The summed E-state index contributed by atoms with van der Waals surface area (Å²) in [5, 5.41) is 6.31. The van der Waals surface area contributed by atoms with Crippen molar-refractivity contribution in [2.24, 2.45) is 0 Å². The van der Waals surface area contributed by atoms with Gasteiger partial charge in [-0.1, -0.05) is 18.2 Å². The molecule has 0 aliphatic carbocycles. The highest BCUT2D eigenvalue weighted by atomic mass is 32.2. The highest BCUT2D eigenvalue weighted by molar-refractivity contribution is 7.98. The van der Waals surface area contributed by atoms with E-state index in [0.717, 1.165) is 30.8 Å². The first-order chi connectivity index (χ1) is 8.83. The molecule has 3 nitrogen and oxygen atoms in total. The molecule has 98 valence electrons. The lowest BCUT2D eigenvalue weighted by Gasteiger charge is -2.11. The number of anilines is 1. The molecule has 1 aliphatic heterocycles. The van der Waals surface area contributed by atoms with Crippen molar-refractivity contribution < 1.29 is 4.79 Å². The molecule has 1 atom stereocenters. The minimum atomic E-state index is -0.0262. The highest BCUT2D eigenvalue weighted by Gasteiger charge is 2.27. The lowest BCUT2D eigenvalue weighted by molar-refractivity contribution is -0.122. The molecule has 0 spiro atoms. The van der Waals surface area contributed by atoms with Gasteiger partial charge < -0.3 is 10.6 Å². The zero-order valence-corrected chi connectivity index (χ0v) is 11.6. The molecule has 0 bridgehead atoms. The first kappa shape index (κ1) is 13.3. The molecule has 1 unspecified atom stereocenters.